The minimum atomic E-state index is -3.37. The van der Waals surface area contributed by atoms with Crippen LogP contribution in [-0.4, -0.2) is 25.3 Å². The van der Waals surface area contributed by atoms with E-state index in [-0.39, 0.29) is 6.04 Å². The van der Waals surface area contributed by atoms with Gasteiger partial charge >= 0.3 is 0 Å². The van der Waals surface area contributed by atoms with E-state index in [0.29, 0.717) is 0 Å². The van der Waals surface area contributed by atoms with E-state index in [1.165, 1.54) is 0 Å². The minimum absolute atomic E-state index is 0.237. The van der Waals surface area contributed by atoms with Crippen LogP contribution in [0.1, 0.15) is 32.4 Å². The van der Waals surface area contributed by atoms with Crippen molar-refractivity contribution in [3.63, 3.8) is 0 Å². The summed E-state index contributed by atoms with van der Waals surface area (Å²) in [5, 5.41) is 4.43. The van der Waals surface area contributed by atoms with E-state index in [1.54, 1.807) is 13.8 Å². The summed E-state index contributed by atoms with van der Waals surface area (Å²) in [7, 11) is -3.37. The Labute approximate surface area is 131 Å². The van der Waals surface area contributed by atoms with E-state index < -0.39 is 26.7 Å². The Hall–Kier alpha value is -1.88. The van der Waals surface area contributed by atoms with Gasteiger partial charge in [0.15, 0.2) is 9.84 Å². The third kappa shape index (κ3) is 3.85. The summed E-state index contributed by atoms with van der Waals surface area (Å²) < 4.78 is 23.5. The lowest BCUT2D eigenvalue weighted by Gasteiger charge is -2.16. The molecule has 5 heteroatoms. The van der Waals surface area contributed by atoms with Crippen molar-refractivity contribution in [2.24, 2.45) is 0 Å². The molecule has 0 aliphatic heterocycles. The molecule has 118 valence electrons. The normalized spacial score (nSPS) is 13.3. The van der Waals surface area contributed by atoms with Crippen molar-refractivity contribution < 1.29 is 13.2 Å². The number of fused-ring (bicyclic) bond motifs is 1. The first-order valence-electron chi connectivity index (χ1n) is 7.29. The number of hydrogen-bond acceptors (Lipinski definition) is 3. The zero-order chi connectivity index (χ0) is 16.3. The lowest BCUT2D eigenvalue weighted by molar-refractivity contribution is -0.119. The van der Waals surface area contributed by atoms with E-state index in [1.807, 2.05) is 49.4 Å². The molecule has 0 fully saturated rings. The Balaban J connectivity index is 2.10. The van der Waals surface area contributed by atoms with Gasteiger partial charge in [-0.15, -0.1) is 0 Å². The molecule has 0 spiro atoms. The standard InChI is InChI=1S/C17H21NO3S/c1-12(2)22(20,21)11-17(19)18-13(3)15-9-8-14-6-4-5-7-16(14)10-15/h4-10,12-13H,11H2,1-3H3,(H,18,19). The van der Waals surface area contributed by atoms with Gasteiger partial charge in [-0.05, 0) is 43.2 Å². The zero-order valence-electron chi connectivity index (χ0n) is 13.0. The van der Waals surface area contributed by atoms with Crippen LogP contribution in [0.15, 0.2) is 42.5 Å². The molecule has 0 aromatic heterocycles. The summed E-state index contributed by atoms with van der Waals surface area (Å²) in [5.74, 6) is -0.933. The van der Waals surface area contributed by atoms with Crippen LogP contribution in [0.5, 0.6) is 0 Å². The number of amides is 1. The molecule has 4 nitrogen and oxygen atoms in total. The van der Waals surface area contributed by atoms with Gasteiger partial charge in [-0.2, -0.15) is 0 Å². The Morgan fingerprint density at radius 2 is 1.68 bits per heavy atom. The molecule has 2 rings (SSSR count). The van der Waals surface area contributed by atoms with Gasteiger partial charge in [-0.3, -0.25) is 4.79 Å². The third-order valence-electron chi connectivity index (χ3n) is 3.70. The van der Waals surface area contributed by atoms with Gasteiger partial charge in [0.05, 0.1) is 11.3 Å². The van der Waals surface area contributed by atoms with Crippen LogP contribution in [0.4, 0.5) is 0 Å². The number of rotatable bonds is 5. The summed E-state index contributed by atoms with van der Waals surface area (Å²) in [6, 6.07) is 13.7. The SMILES string of the molecule is CC(NC(=O)CS(=O)(=O)C(C)C)c1ccc2ccccc2c1. The second-order valence-electron chi connectivity index (χ2n) is 5.75. The fourth-order valence-corrected chi connectivity index (χ4v) is 2.98. The molecule has 1 amide bonds. The number of benzene rings is 2. The molecule has 0 saturated carbocycles. The van der Waals surface area contributed by atoms with E-state index in [4.69, 9.17) is 0 Å². The lowest BCUT2D eigenvalue weighted by Crippen LogP contribution is -2.34. The smallest absolute Gasteiger partial charge is 0.235 e. The maximum Gasteiger partial charge on any atom is 0.235 e. The highest BCUT2D eigenvalue weighted by Gasteiger charge is 2.21. The van der Waals surface area contributed by atoms with Crippen molar-refractivity contribution in [1.82, 2.24) is 5.32 Å². The van der Waals surface area contributed by atoms with Gasteiger partial charge < -0.3 is 5.32 Å². The molecular formula is C17H21NO3S. The summed E-state index contributed by atoms with van der Waals surface area (Å²) in [5.41, 5.74) is 0.953. The van der Waals surface area contributed by atoms with E-state index in [0.717, 1.165) is 16.3 Å². The number of nitrogens with one attached hydrogen (secondary N) is 1. The fraction of sp³-hybridized carbons (Fsp3) is 0.353. The first-order valence-corrected chi connectivity index (χ1v) is 9.01. The molecular weight excluding hydrogens is 298 g/mol. The highest BCUT2D eigenvalue weighted by atomic mass is 32.2. The summed E-state index contributed by atoms with van der Waals surface area (Å²) >= 11 is 0. The molecule has 0 heterocycles. The van der Waals surface area contributed by atoms with Crippen molar-refractivity contribution >= 4 is 26.5 Å². The summed E-state index contributed by atoms with van der Waals surface area (Å²) in [6.45, 7) is 5.01. The van der Waals surface area contributed by atoms with Crippen LogP contribution in [0.25, 0.3) is 10.8 Å². The van der Waals surface area contributed by atoms with Crippen molar-refractivity contribution in [2.45, 2.75) is 32.1 Å². The molecule has 22 heavy (non-hydrogen) atoms. The highest BCUT2D eigenvalue weighted by Crippen LogP contribution is 2.20. The predicted molar refractivity (Wildman–Crippen MR) is 89.4 cm³/mol. The molecule has 2 aromatic carbocycles. The van der Waals surface area contributed by atoms with Crippen LogP contribution in [0.3, 0.4) is 0 Å². The average Bonchev–Trinajstić information content (AvgIpc) is 2.45. The average molecular weight is 319 g/mol. The monoisotopic (exact) mass is 319 g/mol. The number of carbonyl (C=O) groups excluding carboxylic acids is 1. The van der Waals surface area contributed by atoms with Crippen molar-refractivity contribution in [3.05, 3.63) is 48.0 Å². The molecule has 0 saturated heterocycles. The van der Waals surface area contributed by atoms with Crippen LogP contribution in [-0.2, 0) is 14.6 Å². The van der Waals surface area contributed by atoms with Crippen molar-refractivity contribution in [3.8, 4) is 0 Å². The van der Waals surface area contributed by atoms with Gasteiger partial charge in [0.1, 0.15) is 5.75 Å². The van der Waals surface area contributed by atoms with E-state index >= 15 is 0 Å². The Bertz CT molecular complexity index is 781. The number of sulfone groups is 1. The van der Waals surface area contributed by atoms with Crippen LogP contribution >= 0.6 is 0 Å². The van der Waals surface area contributed by atoms with Crippen molar-refractivity contribution in [1.29, 1.82) is 0 Å². The second kappa shape index (κ2) is 6.48. The Kier molecular flexibility index (Phi) is 4.86. The maximum absolute atomic E-state index is 11.9. The quantitative estimate of drug-likeness (QED) is 0.921. The van der Waals surface area contributed by atoms with E-state index in [2.05, 4.69) is 5.32 Å². The molecule has 1 unspecified atom stereocenters. The lowest BCUT2D eigenvalue weighted by atomic mass is 10.0. The molecule has 0 aliphatic carbocycles. The molecule has 1 N–H and O–H groups in total. The molecule has 2 aromatic rings. The van der Waals surface area contributed by atoms with Gasteiger partial charge in [0.25, 0.3) is 0 Å². The minimum Gasteiger partial charge on any atom is -0.349 e. The third-order valence-corrected chi connectivity index (χ3v) is 5.80. The van der Waals surface area contributed by atoms with Crippen molar-refractivity contribution in [2.75, 3.05) is 5.75 Å². The molecule has 0 radical (unpaired) electrons. The fourth-order valence-electron chi connectivity index (χ4n) is 2.19. The molecule has 1 atom stereocenters. The Morgan fingerprint density at radius 3 is 2.32 bits per heavy atom. The zero-order valence-corrected chi connectivity index (χ0v) is 13.9. The predicted octanol–water partition coefficient (Wildman–Crippen LogP) is 2.84. The maximum atomic E-state index is 11.9. The summed E-state index contributed by atoms with van der Waals surface area (Å²) in [4.78, 5) is 11.9. The number of hydrogen-bond donors (Lipinski definition) is 1. The van der Waals surface area contributed by atoms with Crippen LogP contribution in [0, 0.1) is 0 Å². The van der Waals surface area contributed by atoms with Crippen LogP contribution < -0.4 is 5.32 Å². The number of carbonyl (C=O) groups is 1. The van der Waals surface area contributed by atoms with Gasteiger partial charge in [-0.1, -0.05) is 36.4 Å². The van der Waals surface area contributed by atoms with E-state index in [9.17, 15) is 13.2 Å². The Morgan fingerprint density at radius 1 is 1.05 bits per heavy atom. The first-order chi connectivity index (χ1) is 10.3. The second-order valence-corrected chi connectivity index (χ2v) is 8.31. The molecule has 0 aliphatic rings. The first kappa shape index (κ1) is 16.5. The molecule has 0 bridgehead atoms. The van der Waals surface area contributed by atoms with Gasteiger partial charge in [0, 0.05) is 0 Å². The highest BCUT2D eigenvalue weighted by molar-refractivity contribution is 7.92. The largest absolute Gasteiger partial charge is 0.349 e. The van der Waals surface area contributed by atoms with Gasteiger partial charge in [0.2, 0.25) is 5.91 Å². The summed E-state index contributed by atoms with van der Waals surface area (Å²) in [6.07, 6.45) is 0. The van der Waals surface area contributed by atoms with Gasteiger partial charge in [-0.25, -0.2) is 8.42 Å². The van der Waals surface area contributed by atoms with Crippen LogP contribution in [0.2, 0.25) is 0 Å². The topological polar surface area (TPSA) is 63.2 Å².